The predicted octanol–water partition coefficient (Wildman–Crippen LogP) is -0.410. The van der Waals surface area contributed by atoms with E-state index in [-0.39, 0.29) is 19.3 Å². The highest BCUT2D eigenvalue weighted by molar-refractivity contribution is 5.94. The van der Waals surface area contributed by atoms with Crippen molar-refractivity contribution in [3.63, 3.8) is 0 Å². The first-order chi connectivity index (χ1) is 18.0. The van der Waals surface area contributed by atoms with Crippen molar-refractivity contribution in [2.45, 2.75) is 69.6 Å². The van der Waals surface area contributed by atoms with Crippen molar-refractivity contribution in [3.8, 4) is 0 Å². The van der Waals surface area contributed by atoms with E-state index < -0.39 is 60.2 Å². The first kappa shape index (κ1) is 30.3. The zero-order valence-corrected chi connectivity index (χ0v) is 21.2. The molecule has 0 fully saturated rings. The van der Waals surface area contributed by atoms with Gasteiger partial charge in [-0.25, -0.2) is 0 Å². The van der Waals surface area contributed by atoms with Crippen molar-refractivity contribution in [3.05, 3.63) is 36.0 Å². The van der Waals surface area contributed by atoms with Gasteiger partial charge in [-0.05, 0) is 57.2 Å². The van der Waals surface area contributed by atoms with Crippen LogP contribution >= 0.6 is 0 Å². The van der Waals surface area contributed by atoms with E-state index in [0.29, 0.717) is 19.4 Å². The Morgan fingerprint density at radius 3 is 2.21 bits per heavy atom. The van der Waals surface area contributed by atoms with Gasteiger partial charge in [-0.1, -0.05) is 18.2 Å². The molecule has 10 N–H and O–H groups in total. The number of benzene rings is 1. The van der Waals surface area contributed by atoms with Crippen LogP contribution in [0.3, 0.4) is 0 Å². The molecule has 0 aliphatic heterocycles. The number of fused-ring (bicyclic) bond motifs is 1. The molecule has 1 aromatic heterocycles. The second-order valence-corrected chi connectivity index (χ2v) is 9.08. The number of carbonyl (C=O) groups excluding carboxylic acids is 3. The summed E-state index contributed by atoms with van der Waals surface area (Å²) in [6.07, 6.45) is 2.45. The molecule has 0 radical (unpaired) electrons. The summed E-state index contributed by atoms with van der Waals surface area (Å²) in [5.74, 6) is -4.59. The molecular formula is C25H36N6O7. The summed E-state index contributed by atoms with van der Waals surface area (Å²) in [4.78, 5) is 64.0. The van der Waals surface area contributed by atoms with Gasteiger partial charge in [0.15, 0.2) is 0 Å². The highest BCUT2D eigenvalue weighted by Gasteiger charge is 2.29. The summed E-state index contributed by atoms with van der Waals surface area (Å²) >= 11 is 0. The Labute approximate surface area is 219 Å². The van der Waals surface area contributed by atoms with Crippen LogP contribution in [0.1, 0.15) is 44.6 Å². The molecule has 13 heteroatoms. The summed E-state index contributed by atoms with van der Waals surface area (Å²) in [6, 6.07) is 2.87. The molecule has 4 unspecified atom stereocenters. The topological polar surface area (TPSA) is 230 Å². The first-order valence-electron chi connectivity index (χ1n) is 12.4. The minimum atomic E-state index is -1.28. The lowest BCUT2D eigenvalue weighted by Gasteiger charge is -2.24. The predicted molar refractivity (Wildman–Crippen MR) is 139 cm³/mol. The van der Waals surface area contributed by atoms with Crippen LogP contribution in [0.25, 0.3) is 10.9 Å². The zero-order valence-electron chi connectivity index (χ0n) is 21.2. The number of nitrogens with one attached hydrogen (secondary N) is 4. The Morgan fingerprint density at radius 1 is 0.921 bits per heavy atom. The molecule has 0 bridgehead atoms. The number of amides is 3. The zero-order chi connectivity index (χ0) is 28.2. The smallest absolute Gasteiger partial charge is 0.325 e. The summed E-state index contributed by atoms with van der Waals surface area (Å²) in [5, 5.41) is 26.4. The van der Waals surface area contributed by atoms with Crippen molar-refractivity contribution in [2.24, 2.45) is 11.5 Å². The lowest BCUT2D eigenvalue weighted by molar-refractivity contribution is -0.141. The molecule has 1 heterocycles. The fourth-order valence-corrected chi connectivity index (χ4v) is 3.86. The molecule has 0 saturated carbocycles. The third-order valence-electron chi connectivity index (χ3n) is 6.04. The standard InChI is InChI=1S/C25H36N6O7/c1-14(25(37)38)29-23(35)19(8-4-5-11-26)31-24(36)20(9-10-21(32)33)30-22(34)17(27)12-15-13-28-18-7-3-2-6-16(15)18/h2-3,6-7,13-14,17,19-20,28H,4-5,8-12,26-27H2,1H3,(H,29,35)(H,30,34)(H,31,36)(H,32,33)(H,37,38). The van der Waals surface area contributed by atoms with Crippen LogP contribution < -0.4 is 27.4 Å². The van der Waals surface area contributed by atoms with Gasteiger partial charge >= 0.3 is 11.9 Å². The molecule has 0 aliphatic rings. The van der Waals surface area contributed by atoms with E-state index >= 15 is 0 Å². The quantitative estimate of drug-likeness (QED) is 0.131. The maximum absolute atomic E-state index is 13.1. The molecule has 3 amide bonds. The first-order valence-corrected chi connectivity index (χ1v) is 12.4. The number of hydrogen-bond acceptors (Lipinski definition) is 7. The van der Waals surface area contributed by atoms with Gasteiger partial charge in [-0.2, -0.15) is 0 Å². The third kappa shape index (κ3) is 9.16. The van der Waals surface area contributed by atoms with Crippen LogP contribution in [0.4, 0.5) is 0 Å². The normalized spacial score (nSPS) is 14.2. The highest BCUT2D eigenvalue weighted by atomic mass is 16.4. The largest absolute Gasteiger partial charge is 0.481 e. The van der Waals surface area contributed by atoms with E-state index in [1.807, 2.05) is 24.3 Å². The molecule has 0 aliphatic carbocycles. The monoisotopic (exact) mass is 532 g/mol. The highest BCUT2D eigenvalue weighted by Crippen LogP contribution is 2.19. The number of aromatic nitrogens is 1. The van der Waals surface area contributed by atoms with Gasteiger partial charge in [0.05, 0.1) is 6.04 Å². The Balaban J connectivity index is 2.12. The second kappa shape index (κ2) is 14.7. The SMILES string of the molecule is CC(NC(=O)C(CCCCN)NC(=O)C(CCC(=O)O)NC(=O)C(N)Cc1c[nH]c2ccccc12)C(=O)O. The van der Waals surface area contributed by atoms with Crippen LogP contribution in [-0.2, 0) is 30.4 Å². The number of nitrogens with two attached hydrogens (primary N) is 2. The molecule has 13 nitrogen and oxygen atoms in total. The van der Waals surface area contributed by atoms with Gasteiger partial charge in [-0.15, -0.1) is 0 Å². The van der Waals surface area contributed by atoms with Crippen LogP contribution in [-0.4, -0.2) is 75.6 Å². The maximum Gasteiger partial charge on any atom is 0.325 e. The van der Waals surface area contributed by atoms with Gasteiger partial charge < -0.3 is 42.6 Å². The molecule has 0 spiro atoms. The number of rotatable bonds is 16. The van der Waals surface area contributed by atoms with Crippen LogP contribution in [0, 0.1) is 0 Å². The maximum atomic E-state index is 13.1. The van der Waals surface area contributed by atoms with Gasteiger partial charge in [0.25, 0.3) is 0 Å². The molecule has 2 rings (SSSR count). The number of unbranched alkanes of at least 4 members (excludes halogenated alkanes) is 1. The Kier molecular flexibility index (Phi) is 11.7. The lowest BCUT2D eigenvalue weighted by atomic mass is 10.0. The summed E-state index contributed by atoms with van der Waals surface area (Å²) < 4.78 is 0. The number of carboxylic acids is 2. The fourth-order valence-electron chi connectivity index (χ4n) is 3.86. The molecule has 1 aromatic carbocycles. The molecule has 2 aromatic rings. The van der Waals surface area contributed by atoms with E-state index in [9.17, 15) is 24.0 Å². The number of hydrogen-bond donors (Lipinski definition) is 8. The van der Waals surface area contributed by atoms with Gasteiger partial charge in [0.1, 0.15) is 18.1 Å². The molecule has 0 saturated heterocycles. The Hall–Kier alpha value is -3.97. The number of H-pyrrole nitrogens is 1. The molecule has 38 heavy (non-hydrogen) atoms. The minimum absolute atomic E-state index is 0.167. The van der Waals surface area contributed by atoms with Crippen molar-refractivity contribution in [1.29, 1.82) is 0 Å². The van der Waals surface area contributed by atoms with E-state index in [0.717, 1.165) is 16.5 Å². The van der Waals surface area contributed by atoms with Crippen molar-refractivity contribution in [1.82, 2.24) is 20.9 Å². The number of carboxylic acid groups (broad SMARTS) is 2. The number of para-hydroxylation sites is 1. The molecular weight excluding hydrogens is 496 g/mol. The number of carbonyl (C=O) groups is 5. The van der Waals surface area contributed by atoms with Crippen molar-refractivity contribution in [2.75, 3.05) is 6.54 Å². The molecule has 4 atom stereocenters. The van der Waals surface area contributed by atoms with Gasteiger partial charge in [0.2, 0.25) is 17.7 Å². The summed E-state index contributed by atoms with van der Waals surface area (Å²) in [7, 11) is 0. The lowest BCUT2D eigenvalue weighted by Crippen LogP contribution is -2.57. The Morgan fingerprint density at radius 2 is 1.55 bits per heavy atom. The molecule has 208 valence electrons. The summed E-state index contributed by atoms with van der Waals surface area (Å²) in [5.41, 5.74) is 13.3. The van der Waals surface area contributed by atoms with Gasteiger partial charge in [-0.3, -0.25) is 24.0 Å². The van der Waals surface area contributed by atoms with Crippen LogP contribution in [0.2, 0.25) is 0 Å². The third-order valence-corrected chi connectivity index (χ3v) is 6.04. The van der Waals surface area contributed by atoms with Crippen LogP contribution in [0.15, 0.2) is 30.5 Å². The van der Waals surface area contributed by atoms with Crippen LogP contribution in [0.5, 0.6) is 0 Å². The van der Waals surface area contributed by atoms with Gasteiger partial charge in [0, 0.05) is 23.5 Å². The Bertz CT molecular complexity index is 1130. The summed E-state index contributed by atoms with van der Waals surface area (Å²) in [6.45, 7) is 1.64. The average molecular weight is 533 g/mol. The van der Waals surface area contributed by atoms with E-state index in [2.05, 4.69) is 20.9 Å². The second-order valence-electron chi connectivity index (χ2n) is 9.08. The number of aliphatic carboxylic acids is 2. The fraction of sp³-hybridized carbons (Fsp3) is 0.480. The number of aromatic amines is 1. The van der Waals surface area contributed by atoms with E-state index in [1.165, 1.54) is 6.92 Å². The minimum Gasteiger partial charge on any atom is -0.481 e. The van der Waals surface area contributed by atoms with E-state index in [1.54, 1.807) is 6.20 Å². The van der Waals surface area contributed by atoms with Crippen molar-refractivity contribution >= 4 is 40.6 Å². The average Bonchev–Trinajstić information content (AvgIpc) is 3.28. The van der Waals surface area contributed by atoms with Crippen molar-refractivity contribution < 1.29 is 34.2 Å². The van der Waals surface area contributed by atoms with E-state index in [4.69, 9.17) is 21.7 Å².